The van der Waals surface area contributed by atoms with Crippen molar-refractivity contribution >= 4 is 12.4 Å². The summed E-state index contributed by atoms with van der Waals surface area (Å²) in [4.78, 5) is 3.67. The zero-order valence-electron chi connectivity index (χ0n) is 7.62. The summed E-state index contributed by atoms with van der Waals surface area (Å²) in [7, 11) is 0. The maximum absolute atomic E-state index is 5.35. The number of nitrogens with zero attached hydrogens (tertiary/aromatic N) is 1. The highest BCUT2D eigenvalue weighted by Gasteiger charge is 2.00. The van der Waals surface area contributed by atoms with Crippen LogP contribution in [0.5, 0.6) is 0 Å². The van der Waals surface area contributed by atoms with Gasteiger partial charge in [-0.15, -0.1) is 0 Å². The van der Waals surface area contributed by atoms with Crippen molar-refractivity contribution in [2.24, 2.45) is 10.8 Å². The number of hydrazine groups is 1. The van der Waals surface area contributed by atoms with Gasteiger partial charge in [0.1, 0.15) is 0 Å². The number of aryl methyl sites for hydroxylation is 1. The SMILES string of the molecule is C=N/C=C(\NN)c1ccccc1C. The number of hydrogen-bond donors (Lipinski definition) is 2. The molecule has 0 aromatic heterocycles. The highest BCUT2D eigenvalue weighted by atomic mass is 15.2. The van der Waals surface area contributed by atoms with E-state index in [1.807, 2.05) is 31.2 Å². The molecule has 3 heteroatoms. The van der Waals surface area contributed by atoms with Gasteiger partial charge in [0.15, 0.2) is 0 Å². The Kier molecular flexibility index (Phi) is 3.23. The third-order valence-electron chi connectivity index (χ3n) is 1.81. The van der Waals surface area contributed by atoms with Crippen molar-refractivity contribution in [3.63, 3.8) is 0 Å². The molecular weight excluding hydrogens is 162 g/mol. The van der Waals surface area contributed by atoms with E-state index in [4.69, 9.17) is 5.84 Å². The topological polar surface area (TPSA) is 50.4 Å². The molecule has 0 saturated carbocycles. The van der Waals surface area contributed by atoms with E-state index in [-0.39, 0.29) is 0 Å². The van der Waals surface area contributed by atoms with Crippen molar-refractivity contribution in [2.75, 3.05) is 0 Å². The smallest absolute Gasteiger partial charge is 0.0744 e. The average molecular weight is 175 g/mol. The van der Waals surface area contributed by atoms with Gasteiger partial charge in [0.2, 0.25) is 0 Å². The molecule has 13 heavy (non-hydrogen) atoms. The second-order valence-corrected chi connectivity index (χ2v) is 2.68. The van der Waals surface area contributed by atoms with Gasteiger partial charge in [-0.1, -0.05) is 24.3 Å². The molecule has 1 rings (SSSR count). The average Bonchev–Trinajstić information content (AvgIpc) is 2.16. The van der Waals surface area contributed by atoms with E-state index in [0.717, 1.165) is 16.8 Å². The zero-order chi connectivity index (χ0) is 9.68. The minimum atomic E-state index is 0.771. The van der Waals surface area contributed by atoms with Gasteiger partial charge in [-0.3, -0.25) is 10.8 Å². The van der Waals surface area contributed by atoms with Crippen molar-refractivity contribution in [3.8, 4) is 0 Å². The number of rotatable bonds is 3. The van der Waals surface area contributed by atoms with E-state index >= 15 is 0 Å². The number of hydrogen-bond acceptors (Lipinski definition) is 3. The minimum Gasteiger partial charge on any atom is -0.322 e. The number of aliphatic imine (C=N–C) groups is 1. The third kappa shape index (κ3) is 2.16. The Morgan fingerprint density at radius 1 is 1.54 bits per heavy atom. The highest BCUT2D eigenvalue weighted by Crippen LogP contribution is 2.14. The first kappa shape index (κ1) is 9.48. The van der Waals surface area contributed by atoms with Crippen LogP contribution in [0, 0.1) is 6.92 Å². The fourth-order valence-corrected chi connectivity index (χ4v) is 1.15. The number of nitrogens with two attached hydrogens (primary N) is 1. The second kappa shape index (κ2) is 4.42. The Morgan fingerprint density at radius 3 is 2.77 bits per heavy atom. The molecule has 3 N–H and O–H groups in total. The second-order valence-electron chi connectivity index (χ2n) is 2.68. The lowest BCUT2D eigenvalue weighted by Gasteiger charge is -2.07. The standard InChI is InChI=1S/C10H13N3/c1-8-5-3-4-6-9(8)10(13-11)7-12-2/h3-7,13H,2,11H2,1H3/b10-7-. The Morgan fingerprint density at radius 2 is 2.23 bits per heavy atom. The summed E-state index contributed by atoms with van der Waals surface area (Å²) < 4.78 is 0. The van der Waals surface area contributed by atoms with Crippen molar-refractivity contribution in [3.05, 3.63) is 41.6 Å². The van der Waals surface area contributed by atoms with E-state index < -0.39 is 0 Å². The summed E-state index contributed by atoms with van der Waals surface area (Å²) in [6.45, 7) is 5.40. The molecule has 0 radical (unpaired) electrons. The molecule has 68 valence electrons. The van der Waals surface area contributed by atoms with Crippen LogP contribution in [0.3, 0.4) is 0 Å². The van der Waals surface area contributed by atoms with Crippen LogP contribution in [-0.4, -0.2) is 6.72 Å². The van der Waals surface area contributed by atoms with Crippen LogP contribution in [0.15, 0.2) is 35.5 Å². The summed E-state index contributed by atoms with van der Waals surface area (Å²) in [6.07, 6.45) is 1.60. The van der Waals surface area contributed by atoms with E-state index in [9.17, 15) is 0 Å². The van der Waals surface area contributed by atoms with Crippen LogP contribution in [0.2, 0.25) is 0 Å². The maximum atomic E-state index is 5.35. The molecule has 0 bridgehead atoms. The lowest BCUT2D eigenvalue weighted by atomic mass is 10.1. The van der Waals surface area contributed by atoms with E-state index in [2.05, 4.69) is 17.1 Å². The molecule has 0 heterocycles. The largest absolute Gasteiger partial charge is 0.322 e. The monoisotopic (exact) mass is 175 g/mol. The maximum Gasteiger partial charge on any atom is 0.0744 e. The molecule has 0 atom stereocenters. The molecule has 0 fully saturated rings. The number of benzene rings is 1. The summed E-state index contributed by atoms with van der Waals surface area (Å²) in [5.41, 5.74) is 5.55. The molecule has 0 amide bonds. The fourth-order valence-electron chi connectivity index (χ4n) is 1.15. The van der Waals surface area contributed by atoms with Crippen molar-refractivity contribution < 1.29 is 0 Å². The van der Waals surface area contributed by atoms with Gasteiger partial charge in [0, 0.05) is 5.56 Å². The van der Waals surface area contributed by atoms with Gasteiger partial charge in [-0.25, -0.2) is 0 Å². The van der Waals surface area contributed by atoms with Crippen molar-refractivity contribution in [1.82, 2.24) is 5.43 Å². The Bertz CT molecular complexity index is 329. The molecular formula is C10H13N3. The summed E-state index contributed by atoms with van der Waals surface area (Å²) >= 11 is 0. The van der Waals surface area contributed by atoms with Gasteiger partial charge in [0.25, 0.3) is 0 Å². The quantitative estimate of drug-likeness (QED) is 0.415. The molecule has 1 aromatic carbocycles. The van der Waals surface area contributed by atoms with Gasteiger partial charge in [0.05, 0.1) is 11.9 Å². The van der Waals surface area contributed by atoms with E-state index in [0.29, 0.717) is 0 Å². The lowest BCUT2D eigenvalue weighted by Crippen LogP contribution is -2.20. The first-order chi connectivity index (χ1) is 6.29. The van der Waals surface area contributed by atoms with Crippen LogP contribution in [0.4, 0.5) is 0 Å². The van der Waals surface area contributed by atoms with Crippen LogP contribution < -0.4 is 11.3 Å². The fraction of sp³-hybridized carbons (Fsp3) is 0.100. The predicted molar refractivity (Wildman–Crippen MR) is 56.0 cm³/mol. The van der Waals surface area contributed by atoms with Crippen LogP contribution in [0.1, 0.15) is 11.1 Å². The Labute approximate surface area is 78.0 Å². The first-order valence-corrected chi connectivity index (χ1v) is 3.98. The van der Waals surface area contributed by atoms with Crippen molar-refractivity contribution in [2.45, 2.75) is 6.92 Å². The normalized spacial score (nSPS) is 11.1. The van der Waals surface area contributed by atoms with Crippen LogP contribution in [0.25, 0.3) is 5.70 Å². The van der Waals surface area contributed by atoms with E-state index in [1.54, 1.807) is 6.20 Å². The van der Waals surface area contributed by atoms with E-state index in [1.165, 1.54) is 0 Å². The van der Waals surface area contributed by atoms with Gasteiger partial charge in [-0.05, 0) is 19.2 Å². The molecule has 1 aromatic rings. The van der Waals surface area contributed by atoms with Gasteiger partial charge >= 0.3 is 0 Å². The first-order valence-electron chi connectivity index (χ1n) is 3.98. The predicted octanol–water partition coefficient (Wildman–Crippen LogP) is 1.46. The number of nitrogens with one attached hydrogen (secondary N) is 1. The summed E-state index contributed by atoms with van der Waals surface area (Å²) in [5, 5.41) is 0. The van der Waals surface area contributed by atoms with Gasteiger partial charge < -0.3 is 5.43 Å². The minimum absolute atomic E-state index is 0.771. The Balaban J connectivity index is 3.12. The third-order valence-corrected chi connectivity index (χ3v) is 1.81. The molecule has 0 saturated heterocycles. The molecule has 0 aliphatic rings. The molecule has 0 unspecified atom stereocenters. The lowest BCUT2D eigenvalue weighted by molar-refractivity contribution is 0.985. The van der Waals surface area contributed by atoms with Crippen molar-refractivity contribution in [1.29, 1.82) is 0 Å². The van der Waals surface area contributed by atoms with Gasteiger partial charge in [-0.2, -0.15) is 0 Å². The molecule has 0 aliphatic heterocycles. The summed E-state index contributed by atoms with van der Waals surface area (Å²) in [6, 6.07) is 7.93. The highest BCUT2D eigenvalue weighted by molar-refractivity contribution is 5.66. The Hall–Kier alpha value is -1.61. The summed E-state index contributed by atoms with van der Waals surface area (Å²) in [5.74, 6) is 5.35. The van der Waals surface area contributed by atoms with Crippen LogP contribution >= 0.6 is 0 Å². The molecule has 0 aliphatic carbocycles. The van der Waals surface area contributed by atoms with Crippen LogP contribution in [-0.2, 0) is 0 Å². The zero-order valence-corrected chi connectivity index (χ0v) is 7.62. The molecule has 3 nitrogen and oxygen atoms in total. The molecule has 0 spiro atoms.